The van der Waals surface area contributed by atoms with Crippen molar-refractivity contribution in [1.82, 2.24) is 0 Å². The number of anilines is 1. The van der Waals surface area contributed by atoms with Crippen molar-refractivity contribution in [2.45, 2.75) is 6.42 Å². The van der Waals surface area contributed by atoms with Crippen molar-refractivity contribution < 1.29 is 14.5 Å². The van der Waals surface area contributed by atoms with Crippen molar-refractivity contribution in [2.24, 2.45) is 5.92 Å². The van der Waals surface area contributed by atoms with Gasteiger partial charge in [0, 0.05) is 13.1 Å². The molecule has 1 saturated heterocycles. The van der Waals surface area contributed by atoms with Crippen LogP contribution >= 0.6 is 0 Å². The molecule has 0 saturated carbocycles. The number of carbonyl (C=O) groups excluding carboxylic acids is 1. The van der Waals surface area contributed by atoms with E-state index in [0.29, 0.717) is 25.2 Å². The third-order valence-corrected chi connectivity index (χ3v) is 3.38. The first-order valence-corrected chi connectivity index (χ1v) is 6.08. The predicted molar refractivity (Wildman–Crippen MR) is 70.1 cm³/mol. The van der Waals surface area contributed by atoms with Gasteiger partial charge in [-0.15, -0.1) is 0 Å². The van der Waals surface area contributed by atoms with Crippen LogP contribution in [0.25, 0.3) is 0 Å². The Morgan fingerprint density at radius 2 is 2.35 bits per heavy atom. The summed E-state index contributed by atoms with van der Waals surface area (Å²) in [5.74, 6) is -0.600. The van der Waals surface area contributed by atoms with Crippen LogP contribution in [0.15, 0.2) is 18.2 Å². The van der Waals surface area contributed by atoms with Gasteiger partial charge in [-0.2, -0.15) is 5.26 Å². The number of hydrogen-bond acceptors (Lipinski definition) is 6. The van der Waals surface area contributed by atoms with Gasteiger partial charge in [0.25, 0.3) is 0 Å². The summed E-state index contributed by atoms with van der Waals surface area (Å²) in [5, 5.41) is 20.1. The summed E-state index contributed by atoms with van der Waals surface area (Å²) in [6.07, 6.45) is 0.584. The van der Waals surface area contributed by atoms with Gasteiger partial charge in [-0.05, 0) is 18.6 Å². The number of carbonyl (C=O) groups is 1. The minimum atomic E-state index is -0.556. The number of nitro groups is 1. The Morgan fingerprint density at radius 1 is 1.60 bits per heavy atom. The van der Waals surface area contributed by atoms with Crippen molar-refractivity contribution in [3.8, 4) is 6.07 Å². The molecule has 1 fully saturated rings. The Labute approximate surface area is 115 Å². The lowest BCUT2D eigenvalue weighted by Crippen LogP contribution is -2.24. The number of ether oxygens (including phenoxy) is 1. The van der Waals surface area contributed by atoms with E-state index in [1.807, 2.05) is 6.07 Å². The molecule has 1 aliphatic heterocycles. The van der Waals surface area contributed by atoms with Crippen LogP contribution in [-0.2, 0) is 9.53 Å². The zero-order chi connectivity index (χ0) is 14.7. The molecule has 1 aromatic carbocycles. The molecular weight excluding hydrogens is 262 g/mol. The maximum atomic E-state index is 11.5. The van der Waals surface area contributed by atoms with Gasteiger partial charge >= 0.3 is 11.7 Å². The van der Waals surface area contributed by atoms with Crippen LogP contribution in [-0.4, -0.2) is 31.1 Å². The molecule has 0 aromatic heterocycles. The lowest BCUT2D eigenvalue weighted by molar-refractivity contribution is -0.384. The first kappa shape index (κ1) is 13.8. The van der Waals surface area contributed by atoms with Crippen LogP contribution in [0.5, 0.6) is 0 Å². The van der Waals surface area contributed by atoms with Crippen molar-refractivity contribution in [1.29, 1.82) is 5.26 Å². The minimum absolute atomic E-state index is 0.0222. The highest BCUT2D eigenvalue weighted by Gasteiger charge is 2.33. The van der Waals surface area contributed by atoms with E-state index in [1.165, 1.54) is 13.2 Å². The predicted octanol–water partition coefficient (Wildman–Crippen LogP) is 1.47. The van der Waals surface area contributed by atoms with E-state index in [9.17, 15) is 14.9 Å². The highest BCUT2D eigenvalue weighted by Crippen LogP contribution is 2.34. The summed E-state index contributed by atoms with van der Waals surface area (Å²) in [6.45, 7) is 0.887. The molecule has 1 aromatic rings. The summed E-state index contributed by atoms with van der Waals surface area (Å²) in [6, 6.07) is 6.44. The van der Waals surface area contributed by atoms with Crippen LogP contribution in [0.4, 0.5) is 11.4 Å². The van der Waals surface area contributed by atoms with Gasteiger partial charge in [0.2, 0.25) is 0 Å². The topological polar surface area (TPSA) is 96.5 Å². The summed E-state index contributed by atoms with van der Waals surface area (Å²) >= 11 is 0. The number of benzene rings is 1. The third-order valence-electron chi connectivity index (χ3n) is 3.38. The smallest absolute Gasteiger partial charge is 0.310 e. The molecule has 0 N–H and O–H groups in total. The van der Waals surface area contributed by atoms with Gasteiger partial charge in [0.15, 0.2) is 0 Å². The van der Waals surface area contributed by atoms with E-state index in [1.54, 1.807) is 17.0 Å². The van der Waals surface area contributed by atoms with Gasteiger partial charge in [0.1, 0.15) is 17.3 Å². The number of para-hydroxylation sites is 1. The van der Waals surface area contributed by atoms with Gasteiger partial charge < -0.3 is 9.64 Å². The Morgan fingerprint density at radius 3 is 2.95 bits per heavy atom. The quantitative estimate of drug-likeness (QED) is 0.470. The summed E-state index contributed by atoms with van der Waals surface area (Å²) in [5.41, 5.74) is 0.190. The molecule has 0 amide bonds. The second-order valence-electron chi connectivity index (χ2n) is 4.50. The van der Waals surface area contributed by atoms with E-state index >= 15 is 0 Å². The zero-order valence-electron chi connectivity index (χ0n) is 10.9. The van der Waals surface area contributed by atoms with Crippen LogP contribution in [0.1, 0.15) is 12.0 Å². The molecule has 0 spiro atoms. The first-order valence-electron chi connectivity index (χ1n) is 6.08. The Balaban J connectivity index is 2.33. The number of nitro benzene ring substituents is 1. The van der Waals surface area contributed by atoms with Crippen molar-refractivity contribution in [3.63, 3.8) is 0 Å². The minimum Gasteiger partial charge on any atom is -0.469 e. The van der Waals surface area contributed by atoms with Crippen molar-refractivity contribution in [3.05, 3.63) is 33.9 Å². The van der Waals surface area contributed by atoms with E-state index < -0.39 is 4.92 Å². The molecule has 0 radical (unpaired) electrons. The third kappa shape index (κ3) is 2.40. The van der Waals surface area contributed by atoms with E-state index in [4.69, 9.17) is 5.26 Å². The van der Waals surface area contributed by atoms with Gasteiger partial charge in [-0.1, -0.05) is 6.07 Å². The monoisotopic (exact) mass is 275 g/mol. The highest BCUT2D eigenvalue weighted by atomic mass is 16.6. The summed E-state index contributed by atoms with van der Waals surface area (Å²) < 4.78 is 4.69. The summed E-state index contributed by atoms with van der Waals surface area (Å²) in [7, 11) is 1.32. The second-order valence-corrected chi connectivity index (χ2v) is 4.50. The molecule has 20 heavy (non-hydrogen) atoms. The molecule has 104 valence electrons. The average Bonchev–Trinajstić information content (AvgIpc) is 2.95. The van der Waals surface area contributed by atoms with Crippen LogP contribution in [0.3, 0.4) is 0 Å². The SMILES string of the molecule is COC(=O)C1CCN(c2cccc(C#N)c2[N+](=O)[O-])C1. The Kier molecular flexibility index (Phi) is 3.84. The lowest BCUT2D eigenvalue weighted by atomic mass is 10.1. The Bertz CT molecular complexity index is 594. The van der Waals surface area contributed by atoms with Gasteiger partial charge in [-0.25, -0.2) is 0 Å². The van der Waals surface area contributed by atoms with Gasteiger partial charge in [0.05, 0.1) is 18.0 Å². The number of rotatable bonds is 3. The fraction of sp³-hybridized carbons (Fsp3) is 0.385. The molecule has 0 bridgehead atoms. The molecule has 1 aliphatic rings. The van der Waals surface area contributed by atoms with Crippen LogP contribution < -0.4 is 4.90 Å². The number of hydrogen-bond donors (Lipinski definition) is 0. The van der Waals surface area contributed by atoms with E-state index in [2.05, 4.69) is 4.74 Å². The standard InChI is InChI=1S/C13H13N3O4/c1-20-13(17)10-5-6-15(8-10)11-4-2-3-9(7-14)12(11)16(18)19/h2-4,10H,5-6,8H2,1H3. The second kappa shape index (κ2) is 5.57. The Hall–Kier alpha value is -2.62. The van der Waals surface area contributed by atoms with E-state index in [0.717, 1.165) is 0 Å². The molecule has 0 aliphatic carbocycles. The fourth-order valence-electron chi connectivity index (χ4n) is 2.41. The molecular formula is C13H13N3O4. The van der Waals surface area contributed by atoms with Gasteiger partial charge in [-0.3, -0.25) is 14.9 Å². The van der Waals surface area contributed by atoms with Crippen molar-refractivity contribution in [2.75, 3.05) is 25.1 Å². The lowest BCUT2D eigenvalue weighted by Gasteiger charge is -2.18. The molecule has 7 heteroatoms. The first-order chi connectivity index (χ1) is 9.58. The van der Waals surface area contributed by atoms with E-state index in [-0.39, 0.29) is 23.1 Å². The molecule has 7 nitrogen and oxygen atoms in total. The zero-order valence-corrected chi connectivity index (χ0v) is 10.9. The maximum Gasteiger partial charge on any atom is 0.310 e. The maximum absolute atomic E-state index is 11.5. The van der Waals surface area contributed by atoms with Crippen LogP contribution in [0.2, 0.25) is 0 Å². The summed E-state index contributed by atoms with van der Waals surface area (Å²) in [4.78, 5) is 23.9. The molecule has 1 heterocycles. The molecule has 2 rings (SSSR count). The fourth-order valence-corrected chi connectivity index (χ4v) is 2.41. The number of nitriles is 1. The number of esters is 1. The molecule has 1 unspecified atom stereocenters. The number of nitrogens with zero attached hydrogens (tertiary/aromatic N) is 3. The number of methoxy groups -OCH3 is 1. The normalized spacial score (nSPS) is 17.6. The average molecular weight is 275 g/mol. The largest absolute Gasteiger partial charge is 0.469 e. The van der Waals surface area contributed by atoms with Crippen molar-refractivity contribution >= 4 is 17.3 Å². The highest BCUT2D eigenvalue weighted by molar-refractivity contribution is 5.76. The van der Waals surface area contributed by atoms with Crippen LogP contribution in [0, 0.1) is 27.4 Å². The molecule has 1 atom stereocenters.